The second kappa shape index (κ2) is 3.83. The topological polar surface area (TPSA) is 38.9 Å². The van der Waals surface area contributed by atoms with Gasteiger partial charge in [0, 0.05) is 10.8 Å². The van der Waals surface area contributed by atoms with Crippen LogP contribution in [0, 0.1) is 0 Å². The highest BCUT2D eigenvalue weighted by molar-refractivity contribution is 7.09. The van der Waals surface area contributed by atoms with Gasteiger partial charge < -0.3 is 5.73 Å². The third-order valence-corrected chi connectivity index (χ3v) is 2.91. The molecule has 0 saturated carbocycles. The largest absolute Gasteiger partial charge is 0.330 e. The Labute approximate surface area is 71.5 Å². The average molecular weight is 170 g/mol. The number of nitrogens with two attached hydrogens (primary N) is 1. The van der Waals surface area contributed by atoms with Crippen molar-refractivity contribution in [2.75, 3.05) is 6.54 Å². The van der Waals surface area contributed by atoms with Gasteiger partial charge in [-0.1, -0.05) is 13.8 Å². The lowest BCUT2D eigenvalue weighted by Crippen LogP contribution is -2.09. The number of aromatic nitrogens is 1. The molecule has 2 N–H and O–H groups in total. The fraction of sp³-hybridized carbons (Fsp3) is 0.625. The molecule has 11 heavy (non-hydrogen) atoms. The lowest BCUT2D eigenvalue weighted by Gasteiger charge is -2.06. The van der Waals surface area contributed by atoms with Gasteiger partial charge in [-0.15, -0.1) is 11.3 Å². The van der Waals surface area contributed by atoms with Gasteiger partial charge in [-0.25, -0.2) is 4.98 Å². The molecule has 0 aromatic carbocycles. The van der Waals surface area contributed by atoms with Crippen molar-refractivity contribution in [2.24, 2.45) is 5.73 Å². The molecule has 0 aliphatic heterocycles. The molecule has 2 nitrogen and oxygen atoms in total. The number of aryl methyl sites for hydroxylation is 1. The Morgan fingerprint density at radius 1 is 1.73 bits per heavy atom. The van der Waals surface area contributed by atoms with Crippen LogP contribution in [0.5, 0.6) is 0 Å². The van der Waals surface area contributed by atoms with Gasteiger partial charge in [-0.05, 0) is 13.0 Å². The lowest BCUT2D eigenvalue weighted by atomic mass is 10.1. The Morgan fingerprint density at radius 3 is 3.00 bits per heavy atom. The van der Waals surface area contributed by atoms with Crippen LogP contribution >= 0.6 is 11.3 Å². The number of hydrogen-bond donors (Lipinski definition) is 1. The van der Waals surface area contributed by atoms with Crippen LogP contribution in [0.15, 0.2) is 5.51 Å². The maximum atomic E-state index is 5.57. The molecule has 1 rings (SSSR count). The van der Waals surface area contributed by atoms with E-state index >= 15 is 0 Å². The molecule has 62 valence electrons. The van der Waals surface area contributed by atoms with Gasteiger partial charge in [0.25, 0.3) is 0 Å². The molecule has 0 aliphatic rings. The number of rotatable bonds is 3. The first-order chi connectivity index (χ1) is 5.29. The first kappa shape index (κ1) is 8.68. The first-order valence-corrected chi connectivity index (χ1v) is 4.79. The summed E-state index contributed by atoms with van der Waals surface area (Å²) < 4.78 is 0. The molecule has 0 bridgehead atoms. The van der Waals surface area contributed by atoms with Crippen molar-refractivity contribution in [1.82, 2.24) is 4.98 Å². The first-order valence-electron chi connectivity index (χ1n) is 3.91. The SMILES string of the molecule is CCc1ncsc1C(C)CN. The zero-order valence-electron chi connectivity index (χ0n) is 7.00. The summed E-state index contributed by atoms with van der Waals surface area (Å²) in [4.78, 5) is 5.62. The van der Waals surface area contributed by atoms with Crippen LogP contribution in [-0.4, -0.2) is 11.5 Å². The fourth-order valence-corrected chi connectivity index (χ4v) is 2.01. The molecule has 3 heteroatoms. The molecule has 0 saturated heterocycles. The monoisotopic (exact) mass is 170 g/mol. The Bertz CT molecular complexity index is 220. The van der Waals surface area contributed by atoms with Gasteiger partial charge in [-0.3, -0.25) is 0 Å². The lowest BCUT2D eigenvalue weighted by molar-refractivity contribution is 0.773. The smallest absolute Gasteiger partial charge is 0.0797 e. The van der Waals surface area contributed by atoms with Crippen molar-refractivity contribution in [2.45, 2.75) is 26.2 Å². The van der Waals surface area contributed by atoms with Gasteiger partial charge in [0.2, 0.25) is 0 Å². The Morgan fingerprint density at radius 2 is 2.45 bits per heavy atom. The van der Waals surface area contributed by atoms with E-state index in [1.807, 2.05) is 5.51 Å². The minimum atomic E-state index is 0.470. The van der Waals surface area contributed by atoms with E-state index in [0.717, 1.165) is 13.0 Å². The van der Waals surface area contributed by atoms with Crippen molar-refractivity contribution in [3.05, 3.63) is 16.1 Å². The summed E-state index contributed by atoms with van der Waals surface area (Å²) in [5.74, 6) is 0.470. The van der Waals surface area contributed by atoms with E-state index in [4.69, 9.17) is 5.73 Å². The van der Waals surface area contributed by atoms with Crippen molar-refractivity contribution in [3.8, 4) is 0 Å². The van der Waals surface area contributed by atoms with Crippen LogP contribution < -0.4 is 5.73 Å². The summed E-state index contributed by atoms with van der Waals surface area (Å²) in [6, 6.07) is 0. The van der Waals surface area contributed by atoms with Crippen LogP contribution in [0.3, 0.4) is 0 Å². The van der Waals surface area contributed by atoms with E-state index in [1.165, 1.54) is 10.6 Å². The molecule has 0 fully saturated rings. The summed E-state index contributed by atoms with van der Waals surface area (Å²) in [6.45, 7) is 4.99. The molecule has 0 radical (unpaired) electrons. The van der Waals surface area contributed by atoms with Crippen LogP contribution in [0.1, 0.15) is 30.3 Å². The Hall–Kier alpha value is -0.410. The van der Waals surface area contributed by atoms with Gasteiger partial charge >= 0.3 is 0 Å². The highest BCUT2D eigenvalue weighted by Gasteiger charge is 2.09. The van der Waals surface area contributed by atoms with Crippen LogP contribution in [0.2, 0.25) is 0 Å². The third kappa shape index (κ3) is 1.79. The zero-order chi connectivity index (χ0) is 8.27. The van der Waals surface area contributed by atoms with Crippen molar-refractivity contribution in [3.63, 3.8) is 0 Å². The molecule has 1 atom stereocenters. The summed E-state index contributed by atoms with van der Waals surface area (Å²) in [5.41, 5.74) is 8.68. The predicted molar refractivity (Wildman–Crippen MR) is 49.0 cm³/mol. The van der Waals surface area contributed by atoms with Gasteiger partial charge in [0.05, 0.1) is 11.2 Å². The minimum absolute atomic E-state index is 0.470. The van der Waals surface area contributed by atoms with E-state index in [1.54, 1.807) is 11.3 Å². The molecule has 0 aliphatic carbocycles. The molecular weight excluding hydrogens is 156 g/mol. The maximum Gasteiger partial charge on any atom is 0.0797 e. The van der Waals surface area contributed by atoms with Crippen molar-refractivity contribution in [1.29, 1.82) is 0 Å². The fourth-order valence-electron chi connectivity index (χ4n) is 1.05. The number of hydrogen-bond acceptors (Lipinski definition) is 3. The highest BCUT2D eigenvalue weighted by atomic mass is 32.1. The van der Waals surface area contributed by atoms with Crippen molar-refractivity contribution >= 4 is 11.3 Å². The standard InChI is InChI=1S/C8H14N2S/c1-3-7-8(6(2)4-9)11-5-10-7/h5-6H,3-4,9H2,1-2H3. The van der Waals surface area contributed by atoms with E-state index in [-0.39, 0.29) is 0 Å². The molecule has 0 amide bonds. The van der Waals surface area contributed by atoms with E-state index < -0.39 is 0 Å². The maximum absolute atomic E-state index is 5.57. The van der Waals surface area contributed by atoms with E-state index in [9.17, 15) is 0 Å². The predicted octanol–water partition coefficient (Wildman–Crippen LogP) is 1.77. The molecular formula is C8H14N2S. The average Bonchev–Trinajstić information content (AvgIpc) is 2.50. The summed E-state index contributed by atoms with van der Waals surface area (Å²) in [7, 11) is 0. The summed E-state index contributed by atoms with van der Waals surface area (Å²) in [6.07, 6.45) is 1.02. The van der Waals surface area contributed by atoms with Gasteiger partial charge in [0.15, 0.2) is 0 Å². The second-order valence-electron chi connectivity index (χ2n) is 2.65. The molecule has 1 aromatic heterocycles. The molecule has 1 aromatic rings. The zero-order valence-corrected chi connectivity index (χ0v) is 7.82. The second-order valence-corrected chi connectivity index (χ2v) is 3.54. The van der Waals surface area contributed by atoms with Crippen LogP contribution in [-0.2, 0) is 6.42 Å². The van der Waals surface area contributed by atoms with E-state index in [0.29, 0.717) is 5.92 Å². The Kier molecular flexibility index (Phi) is 3.02. The van der Waals surface area contributed by atoms with Crippen LogP contribution in [0.4, 0.5) is 0 Å². The quantitative estimate of drug-likeness (QED) is 0.751. The molecule has 1 heterocycles. The normalized spacial score (nSPS) is 13.4. The highest BCUT2D eigenvalue weighted by Crippen LogP contribution is 2.22. The van der Waals surface area contributed by atoms with E-state index in [2.05, 4.69) is 18.8 Å². The van der Waals surface area contributed by atoms with Crippen LogP contribution in [0.25, 0.3) is 0 Å². The third-order valence-electron chi connectivity index (χ3n) is 1.81. The summed E-state index contributed by atoms with van der Waals surface area (Å²) in [5, 5.41) is 0. The number of nitrogens with zero attached hydrogens (tertiary/aromatic N) is 1. The minimum Gasteiger partial charge on any atom is -0.330 e. The summed E-state index contributed by atoms with van der Waals surface area (Å²) >= 11 is 1.72. The van der Waals surface area contributed by atoms with Crippen molar-refractivity contribution < 1.29 is 0 Å². The molecule has 0 spiro atoms. The Balaban J connectivity index is 2.83. The van der Waals surface area contributed by atoms with Gasteiger partial charge in [-0.2, -0.15) is 0 Å². The molecule has 1 unspecified atom stereocenters. The number of thiazole rings is 1. The van der Waals surface area contributed by atoms with Gasteiger partial charge in [0.1, 0.15) is 0 Å².